The highest BCUT2D eigenvalue weighted by Crippen LogP contribution is 2.30. The monoisotopic (exact) mass is 290 g/mol. The summed E-state index contributed by atoms with van der Waals surface area (Å²) in [4.78, 5) is 14.5. The molecule has 1 aliphatic heterocycles. The van der Waals surface area contributed by atoms with Crippen LogP contribution in [0.4, 0.5) is 0 Å². The van der Waals surface area contributed by atoms with E-state index in [2.05, 4.69) is 5.32 Å². The number of β-amino-alcohol motifs (C(OH)–C–C–N with tert-alkyl or cyclic N) is 1. The molecule has 3 rings (SSSR count). The molecular weight excluding hydrogens is 268 g/mol. The third kappa shape index (κ3) is 2.89. The van der Waals surface area contributed by atoms with Gasteiger partial charge in [-0.15, -0.1) is 0 Å². The molecular formula is C16H22N2O3. The molecule has 0 saturated carbocycles. The number of carbonyl (C=O) groups is 1. The van der Waals surface area contributed by atoms with Crippen LogP contribution in [0.5, 0.6) is 5.75 Å². The molecule has 2 aliphatic rings. The number of fused-ring (bicyclic) bond motifs is 1. The van der Waals surface area contributed by atoms with E-state index in [1.165, 1.54) is 11.1 Å². The summed E-state index contributed by atoms with van der Waals surface area (Å²) in [6, 6.07) is 3.98. The van der Waals surface area contributed by atoms with Gasteiger partial charge in [0.05, 0.1) is 18.8 Å². The Morgan fingerprint density at radius 2 is 2.14 bits per heavy atom. The second-order valence-corrected chi connectivity index (χ2v) is 5.78. The Hall–Kier alpha value is -1.59. The predicted octanol–water partition coefficient (Wildman–Crippen LogP) is 0.590. The van der Waals surface area contributed by atoms with Crippen LogP contribution in [0.2, 0.25) is 0 Å². The average molecular weight is 290 g/mol. The van der Waals surface area contributed by atoms with Gasteiger partial charge in [-0.05, 0) is 42.5 Å². The maximum absolute atomic E-state index is 12.8. The highest BCUT2D eigenvalue weighted by molar-refractivity contribution is 5.97. The van der Waals surface area contributed by atoms with Crippen LogP contribution in [0.3, 0.4) is 0 Å². The number of nitrogens with zero attached hydrogens (tertiary/aromatic N) is 1. The standard InChI is InChI=1S/C16H22N2O3/c1-21-15-8-12-4-2-3-11(12)7-14(15)16(20)18-6-5-17-9-13(19)10-18/h7-8,13,17,19H,2-6,9-10H2,1H3. The minimum absolute atomic E-state index is 0.0516. The first-order valence-electron chi connectivity index (χ1n) is 7.57. The number of aliphatic hydroxyl groups is 1. The minimum atomic E-state index is -0.517. The molecule has 2 N–H and O–H groups in total. The fourth-order valence-electron chi connectivity index (χ4n) is 3.19. The molecule has 1 aliphatic carbocycles. The molecule has 1 aromatic carbocycles. The summed E-state index contributed by atoms with van der Waals surface area (Å²) in [5.74, 6) is 0.594. The molecule has 1 atom stereocenters. The van der Waals surface area contributed by atoms with Crippen molar-refractivity contribution >= 4 is 5.91 Å². The molecule has 1 aromatic rings. The van der Waals surface area contributed by atoms with Gasteiger partial charge in [0.2, 0.25) is 0 Å². The number of hydrogen-bond donors (Lipinski definition) is 2. The first-order chi connectivity index (χ1) is 10.2. The normalized spacial score (nSPS) is 21.8. The van der Waals surface area contributed by atoms with Crippen molar-refractivity contribution in [2.24, 2.45) is 0 Å². The fourth-order valence-corrected chi connectivity index (χ4v) is 3.19. The quantitative estimate of drug-likeness (QED) is 0.837. The predicted molar refractivity (Wildman–Crippen MR) is 79.8 cm³/mol. The number of nitrogens with one attached hydrogen (secondary N) is 1. The summed E-state index contributed by atoms with van der Waals surface area (Å²) < 4.78 is 5.42. The van der Waals surface area contributed by atoms with Crippen LogP contribution in [0.15, 0.2) is 12.1 Å². The number of rotatable bonds is 2. The van der Waals surface area contributed by atoms with Crippen molar-refractivity contribution in [1.82, 2.24) is 10.2 Å². The van der Waals surface area contributed by atoms with E-state index in [4.69, 9.17) is 4.74 Å². The lowest BCUT2D eigenvalue weighted by atomic mass is 10.0. The first-order valence-corrected chi connectivity index (χ1v) is 7.57. The molecule has 5 heteroatoms. The van der Waals surface area contributed by atoms with Crippen LogP contribution in [-0.2, 0) is 12.8 Å². The van der Waals surface area contributed by atoms with Crippen molar-refractivity contribution in [2.75, 3.05) is 33.3 Å². The van der Waals surface area contributed by atoms with Gasteiger partial charge in [0.15, 0.2) is 0 Å². The van der Waals surface area contributed by atoms with E-state index in [9.17, 15) is 9.90 Å². The molecule has 0 bridgehead atoms. The van der Waals surface area contributed by atoms with Crippen LogP contribution in [0.25, 0.3) is 0 Å². The third-order valence-corrected chi connectivity index (χ3v) is 4.30. The molecule has 1 saturated heterocycles. The van der Waals surface area contributed by atoms with Gasteiger partial charge in [0.1, 0.15) is 5.75 Å². The lowest BCUT2D eigenvalue weighted by Crippen LogP contribution is -2.38. The number of amides is 1. The van der Waals surface area contributed by atoms with E-state index < -0.39 is 6.10 Å². The molecule has 0 radical (unpaired) electrons. The lowest BCUT2D eigenvalue weighted by molar-refractivity contribution is 0.0669. The van der Waals surface area contributed by atoms with Gasteiger partial charge in [-0.2, -0.15) is 0 Å². The number of carbonyl (C=O) groups excluding carboxylic acids is 1. The zero-order chi connectivity index (χ0) is 14.8. The van der Waals surface area contributed by atoms with E-state index in [-0.39, 0.29) is 5.91 Å². The van der Waals surface area contributed by atoms with Crippen LogP contribution >= 0.6 is 0 Å². The highest BCUT2D eigenvalue weighted by Gasteiger charge is 2.25. The van der Waals surface area contributed by atoms with Crippen LogP contribution < -0.4 is 10.1 Å². The number of hydrogen-bond acceptors (Lipinski definition) is 4. The number of methoxy groups -OCH3 is 1. The molecule has 114 valence electrons. The van der Waals surface area contributed by atoms with E-state index in [0.717, 1.165) is 19.3 Å². The van der Waals surface area contributed by atoms with Crippen molar-refractivity contribution in [3.63, 3.8) is 0 Å². The van der Waals surface area contributed by atoms with E-state index in [1.54, 1.807) is 12.0 Å². The molecule has 1 heterocycles. The van der Waals surface area contributed by atoms with Crippen LogP contribution in [-0.4, -0.2) is 55.3 Å². The van der Waals surface area contributed by atoms with Gasteiger partial charge < -0.3 is 20.1 Å². The molecule has 21 heavy (non-hydrogen) atoms. The van der Waals surface area contributed by atoms with E-state index in [1.807, 2.05) is 12.1 Å². The number of benzene rings is 1. The van der Waals surface area contributed by atoms with Gasteiger partial charge in [0.25, 0.3) is 5.91 Å². The topological polar surface area (TPSA) is 61.8 Å². The zero-order valence-electron chi connectivity index (χ0n) is 12.4. The van der Waals surface area contributed by atoms with Crippen molar-refractivity contribution in [1.29, 1.82) is 0 Å². The first kappa shape index (κ1) is 14.4. The summed E-state index contributed by atoms with van der Waals surface area (Å²) in [6.07, 6.45) is 2.72. The second kappa shape index (κ2) is 6.03. The van der Waals surface area contributed by atoms with Crippen LogP contribution in [0.1, 0.15) is 27.9 Å². The number of aliphatic hydroxyl groups excluding tert-OH is 1. The van der Waals surface area contributed by atoms with Gasteiger partial charge in [0, 0.05) is 26.2 Å². The molecule has 1 fully saturated rings. The zero-order valence-corrected chi connectivity index (χ0v) is 12.4. The summed E-state index contributed by atoms with van der Waals surface area (Å²) >= 11 is 0. The summed E-state index contributed by atoms with van der Waals surface area (Å²) in [5, 5.41) is 13.0. The largest absolute Gasteiger partial charge is 0.496 e. The summed E-state index contributed by atoms with van der Waals surface area (Å²) in [7, 11) is 1.60. The fraction of sp³-hybridized carbons (Fsp3) is 0.562. The second-order valence-electron chi connectivity index (χ2n) is 5.78. The maximum atomic E-state index is 12.8. The Bertz CT molecular complexity index is 545. The van der Waals surface area contributed by atoms with Crippen molar-refractivity contribution in [2.45, 2.75) is 25.4 Å². The summed E-state index contributed by atoms with van der Waals surface area (Å²) in [5.41, 5.74) is 3.17. The molecule has 0 spiro atoms. The molecule has 5 nitrogen and oxygen atoms in total. The Morgan fingerprint density at radius 3 is 2.90 bits per heavy atom. The van der Waals surface area contributed by atoms with E-state index in [0.29, 0.717) is 37.5 Å². The van der Waals surface area contributed by atoms with Crippen molar-refractivity contribution < 1.29 is 14.6 Å². The highest BCUT2D eigenvalue weighted by atomic mass is 16.5. The SMILES string of the molecule is COc1cc2c(cc1C(=O)N1CCNCC(O)C1)CCC2. The van der Waals surface area contributed by atoms with Gasteiger partial charge in [-0.1, -0.05) is 0 Å². The smallest absolute Gasteiger partial charge is 0.257 e. The minimum Gasteiger partial charge on any atom is -0.496 e. The van der Waals surface area contributed by atoms with E-state index >= 15 is 0 Å². The Labute approximate surface area is 124 Å². The Balaban J connectivity index is 1.89. The summed E-state index contributed by atoms with van der Waals surface area (Å²) in [6.45, 7) is 2.21. The Kier molecular flexibility index (Phi) is 4.12. The molecule has 1 amide bonds. The number of ether oxygens (including phenoxy) is 1. The van der Waals surface area contributed by atoms with Crippen LogP contribution in [0, 0.1) is 0 Å². The third-order valence-electron chi connectivity index (χ3n) is 4.30. The Morgan fingerprint density at radius 1 is 1.38 bits per heavy atom. The molecule has 1 unspecified atom stereocenters. The maximum Gasteiger partial charge on any atom is 0.257 e. The van der Waals surface area contributed by atoms with Gasteiger partial charge >= 0.3 is 0 Å². The molecule has 0 aromatic heterocycles. The van der Waals surface area contributed by atoms with Crippen molar-refractivity contribution in [3.05, 3.63) is 28.8 Å². The average Bonchev–Trinajstić information content (AvgIpc) is 2.84. The van der Waals surface area contributed by atoms with Gasteiger partial charge in [-0.3, -0.25) is 4.79 Å². The lowest BCUT2D eigenvalue weighted by Gasteiger charge is -2.23. The number of aryl methyl sites for hydroxylation is 2. The van der Waals surface area contributed by atoms with Gasteiger partial charge in [-0.25, -0.2) is 0 Å². The van der Waals surface area contributed by atoms with Crippen molar-refractivity contribution in [3.8, 4) is 5.75 Å².